The van der Waals surface area contributed by atoms with Crippen LogP contribution in [0.3, 0.4) is 0 Å². The predicted octanol–water partition coefficient (Wildman–Crippen LogP) is 0.434. The molecule has 14 heavy (non-hydrogen) atoms. The van der Waals surface area contributed by atoms with Gasteiger partial charge in [0.1, 0.15) is 0 Å². The van der Waals surface area contributed by atoms with E-state index in [4.69, 9.17) is 9.79 Å². The van der Waals surface area contributed by atoms with Gasteiger partial charge in [-0.05, 0) is 12.8 Å². The van der Waals surface area contributed by atoms with Crippen molar-refractivity contribution in [1.82, 2.24) is 0 Å². The molecule has 8 heteroatoms. The van der Waals surface area contributed by atoms with E-state index < -0.39 is 17.7 Å². The Kier molecular flexibility index (Phi) is 5.54. The quantitative estimate of drug-likeness (QED) is 0.399. The van der Waals surface area contributed by atoms with Crippen molar-refractivity contribution in [3.05, 3.63) is 11.9 Å². The number of allylic oxidation sites excluding steroid dienone is 1. The molecule has 0 bridgehead atoms. The molecule has 0 saturated carbocycles. The zero-order chi connectivity index (χ0) is 11.2. The van der Waals surface area contributed by atoms with Crippen molar-refractivity contribution in [3.8, 4) is 0 Å². The third-order valence-corrected chi connectivity index (χ3v) is 2.31. The average molecular weight is 244 g/mol. The maximum Gasteiger partial charge on any atom is 0.348 e. The van der Waals surface area contributed by atoms with Gasteiger partial charge in [0.05, 0.1) is 12.9 Å². The second-order valence-electron chi connectivity index (χ2n) is 2.64. The molecule has 0 amide bonds. The smallest absolute Gasteiger partial charge is 0.321 e. The summed E-state index contributed by atoms with van der Waals surface area (Å²) in [5, 5.41) is 0. The minimum Gasteiger partial charge on any atom is -0.321 e. The van der Waals surface area contributed by atoms with Crippen LogP contribution in [0.2, 0.25) is 0 Å². The summed E-state index contributed by atoms with van der Waals surface area (Å²) in [5.41, 5.74) is 0. The lowest BCUT2D eigenvalue weighted by Crippen LogP contribution is -2.03. The van der Waals surface area contributed by atoms with Crippen molar-refractivity contribution in [3.63, 3.8) is 0 Å². The minimum absolute atomic E-state index is 0.0182. The van der Waals surface area contributed by atoms with E-state index in [1.807, 2.05) is 0 Å². The Hall–Kier alpha value is -0.200. The molecular weight excluding hydrogens is 231 g/mol. The summed E-state index contributed by atoms with van der Waals surface area (Å²) in [4.78, 5) is 16.8. The Morgan fingerprint density at radius 3 is 2.43 bits per heavy atom. The zero-order valence-electron chi connectivity index (χ0n) is 7.66. The molecule has 0 aliphatic heterocycles. The van der Waals surface area contributed by atoms with Gasteiger partial charge in [0.2, 0.25) is 0 Å². The van der Waals surface area contributed by atoms with Crippen molar-refractivity contribution in [2.45, 2.75) is 12.8 Å². The SMILES string of the molecule is CS(=O)(=O)OCCCC=CP(=O)(O)O. The van der Waals surface area contributed by atoms with Gasteiger partial charge in [-0.15, -0.1) is 0 Å². The van der Waals surface area contributed by atoms with Crippen LogP contribution in [0, 0.1) is 0 Å². The fourth-order valence-corrected chi connectivity index (χ4v) is 1.47. The van der Waals surface area contributed by atoms with E-state index in [2.05, 4.69) is 4.18 Å². The molecule has 84 valence electrons. The van der Waals surface area contributed by atoms with Gasteiger partial charge in [0, 0.05) is 5.82 Å². The monoisotopic (exact) mass is 244 g/mol. The molecule has 0 aliphatic carbocycles. The highest BCUT2D eigenvalue weighted by atomic mass is 32.2. The highest BCUT2D eigenvalue weighted by molar-refractivity contribution is 7.85. The first kappa shape index (κ1) is 13.8. The molecule has 0 aromatic heterocycles. The Morgan fingerprint density at radius 1 is 1.43 bits per heavy atom. The van der Waals surface area contributed by atoms with Crippen molar-refractivity contribution in [1.29, 1.82) is 0 Å². The van der Waals surface area contributed by atoms with E-state index in [9.17, 15) is 13.0 Å². The molecule has 0 unspecified atom stereocenters. The Balaban J connectivity index is 3.59. The van der Waals surface area contributed by atoms with Crippen LogP contribution in [0.15, 0.2) is 11.9 Å². The fourth-order valence-electron chi connectivity index (χ4n) is 0.623. The zero-order valence-corrected chi connectivity index (χ0v) is 9.37. The third kappa shape index (κ3) is 11.8. The molecule has 0 aromatic carbocycles. The largest absolute Gasteiger partial charge is 0.348 e. The minimum atomic E-state index is -4.09. The van der Waals surface area contributed by atoms with Gasteiger partial charge >= 0.3 is 7.60 Å². The van der Waals surface area contributed by atoms with Crippen molar-refractivity contribution in [2.75, 3.05) is 12.9 Å². The van der Waals surface area contributed by atoms with E-state index >= 15 is 0 Å². The summed E-state index contributed by atoms with van der Waals surface area (Å²) in [6.07, 6.45) is 3.00. The van der Waals surface area contributed by atoms with Crippen LogP contribution in [-0.4, -0.2) is 31.1 Å². The maximum absolute atomic E-state index is 10.5. The van der Waals surface area contributed by atoms with E-state index in [0.717, 1.165) is 12.1 Å². The average Bonchev–Trinajstić information content (AvgIpc) is 1.92. The summed E-state index contributed by atoms with van der Waals surface area (Å²) >= 11 is 0. The van der Waals surface area contributed by atoms with Crippen LogP contribution >= 0.6 is 7.60 Å². The number of unbranched alkanes of at least 4 members (excludes halogenated alkanes) is 1. The van der Waals surface area contributed by atoms with E-state index in [1.54, 1.807) is 0 Å². The van der Waals surface area contributed by atoms with Crippen LogP contribution in [0.25, 0.3) is 0 Å². The van der Waals surface area contributed by atoms with Gasteiger partial charge in [-0.25, -0.2) is 0 Å². The van der Waals surface area contributed by atoms with Crippen molar-refractivity contribution >= 4 is 17.7 Å². The van der Waals surface area contributed by atoms with E-state index in [-0.39, 0.29) is 6.61 Å². The molecule has 0 atom stereocenters. The van der Waals surface area contributed by atoms with Gasteiger partial charge in [-0.2, -0.15) is 8.42 Å². The molecule has 0 radical (unpaired) electrons. The fraction of sp³-hybridized carbons (Fsp3) is 0.667. The number of rotatable bonds is 6. The van der Waals surface area contributed by atoms with Crippen LogP contribution < -0.4 is 0 Å². The summed E-state index contributed by atoms with van der Waals surface area (Å²) in [6, 6.07) is 0. The molecule has 0 rings (SSSR count). The summed E-state index contributed by atoms with van der Waals surface area (Å²) < 4.78 is 35.6. The topological polar surface area (TPSA) is 101 Å². The summed E-state index contributed by atoms with van der Waals surface area (Å²) in [6.45, 7) is 0.0182. The van der Waals surface area contributed by atoms with Gasteiger partial charge in [0.25, 0.3) is 10.1 Å². The van der Waals surface area contributed by atoms with Crippen molar-refractivity contribution in [2.24, 2.45) is 0 Å². The highest BCUT2D eigenvalue weighted by Gasteiger charge is 2.04. The molecule has 2 N–H and O–H groups in total. The van der Waals surface area contributed by atoms with Gasteiger partial charge < -0.3 is 9.79 Å². The molecule has 0 saturated heterocycles. The van der Waals surface area contributed by atoms with Crippen molar-refractivity contribution < 1.29 is 27.0 Å². The lowest BCUT2D eigenvalue weighted by molar-refractivity contribution is 0.316. The van der Waals surface area contributed by atoms with Gasteiger partial charge in [-0.3, -0.25) is 8.75 Å². The maximum atomic E-state index is 10.5. The standard InChI is InChI=1S/C6H13O6PS/c1-14(10,11)12-5-3-2-4-6-13(7,8)9/h4,6H,2-3,5H2,1H3,(H2,7,8,9). The molecule has 6 nitrogen and oxygen atoms in total. The second-order valence-corrected chi connectivity index (χ2v) is 5.76. The van der Waals surface area contributed by atoms with E-state index in [0.29, 0.717) is 12.8 Å². The van der Waals surface area contributed by atoms with Gasteiger partial charge in [0.15, 0.2) is 0 Å². The highest BCUT2D eigenvalue weighted by Crippen LogP contribution is 2.36. The Bertz CT molecular complexity index is 326. The summed E-state index contributed by atoms with van der Waals surface area (Å²) in [7, 11) is -7.50. The molecule has 0 aliphatic rings. The van der Waals surface area contributed by atoms with Crippen LogP contribution in [0.1, 0.15) is 12.8 Å². The lowest BCUT2D eigenvalue weighted by Gasteiger charge is -1.98. The lowest BCUT2D eigenvalue weighted by atomic mass is 10.3. The predicted molar refractivity (Wildman–Crippen MR) is 51.2 cm³/mol. The first-order chi connectivity index (χ1) is 6.21. The molecule has 0 fully saturated rings. The number of hydrogen-bond acceptors (Lipinski definition) is 4. The van der Waals surface area contributed by atoms with E-state index in [1.165, 1.54) is 6.08 Å². The molecule has 0 aromatic rings. The normalized spacial score (nSPS) is 13.6. The third-order valence-electron chi connectivity index (χ3n) is 1.11. The summed E-state index contributed by atoms with van der Waals surface area (Å²) in [5.74, 6) is 0.785. The van der Waals surface area contributed by atoms with Crippen LogP contribution in [0.5, 0.6) is 0 Å². The first-order valence-corrected chi connectivity index (χ1v) is 7.28. The van der Waals surface area contributed by atoms with Gasteiger partial charge in [-0.1, -0.05) is 6.08 Å². The van der Waals surface area contributed by atoms with Crippen LogP contribution in [-0.2, 0) is 18.9 Å². The van der Waals surface area contributed by atoms with Crippen LogP contribution in [0.4, 0.5) is 0 Å². The number of hydrogen-bond donors (Lipinski definition) is 2. The second kappa shape index (κ2) is 5.63. The molecule has 0 heterocycles. The molecular formula is C6H13O6PS. The first-order valence-electron chi connectivity index (χ1n) is 3.78. The molecule has 0 spiro atoms. The Morgan fingerprint density at radius 2 is 2.00 bits per heavy atom. The Labute approximate surface area is 82.9 Å².